The van der Waals surface area contributed by atoms with Crippen LogP contribution in [0.5, 0.6) is 0 Å². The van der Waals surface area contributed by atoms with Gasteiger partial charge >= 0.3 is 0 Å². The SMILES string of the molecule is CCCCCCCC(O)Cc1cc(CC)nn1C. The topological polar surface area (TPSA) is 38.1 Å². The van der Waals surface area contributed by atoms with Crippen LogP contribution in [0.4, 0.5) is 0 Å². The summed E-state index contributed by atoms with van der Waals surface area (Å²) in [7, 11) is 1.96. The summed E-state index contributed by atoms with van der Waals surface area (Å²) in [6.07, 6.45) is 8.67. The average Bonchev–Trinajstić information content (AvgIpc) is 2.70. The molecule has 1 aromatic rings. The van der Waals surface area contributed by atoms with Gasteiger partial charge in [0.05, 0.1) is 11.8 Å². The molecule has 104 valence electrons. The van der Waals surface area contributed by atoms with Crippen LogP contribution < -0.4 is 0 Å². The first-order chi connectivity index (χ1) is 8.67. The van der Waals surface area contributed by atoms with E-state index in [0.717, 1.165) is 37.1 Å². The summed E-state index contributed by atoms with van der Waals surface area (Å²) in [5.41, 5.74) is 2.26. The van der Waals surface area contributed by atoms with Crippen molar-refractivity contribution in [2.24, 2.45) is 7.05 Å². The largest absolute Gasteiger partial charge is 0.393 e. The fourth-order valence-electron chi connectivity index (χ4n) is 2.26. The van der Waals surface area contributed by atoms with Gasteiger partial charge in [0.1, 0.15) is 0 Å². The Kier molecular flexibility index (Phi) is 7.02. The van der Waals surface area contributed by atoms with Crippen LogP contribution in [0.3, 0.4) is 0 Å². The quantitative estimate of drug-likeness (QED) is 0.685. The van der Waals surface area contributed by atoms with Crippen LogP contribution in [0.25, 0.3) is 0 Å². The van der Waals surface area contributed by atoms with Gasteiger partial charge in [-0.05, 0) is 18.9 Å². The van der Waals surface area contributed by atoms with Crippen molar-refractivity contribution in [1.29, 1.82) is 0 Å². The molecule has 1 rings (SSSR count). The number of aryl methyl sites for hydroxylation is 2. The minimum absolute atomic E-state index is 0.216. The number of rotatable bonds is 9. The number of nitrogens with zero attached hydrogens (tertiary/aromatic N) is 2. The van der Waals surface area contributed by atoms with E-state index in [0.29, 0.717) is 0 Å². The predicted octanol–water partition coefficient (Wildman–Crippen LogP) is 3.25. The number of unbranched alkanes of at least 4 members (excludes halogenated alkanes) is 4. The standard InChI is InChI=1S/C15H28N2O/c1-4-6-7-8-9-10-15(18)12-14-11-13(5-2)16-17(14)3/h11,15,18H,4-10,12H2,1-3H3. The van der Waals surface area contributed by atoms with E-state index in [2.05, 4.69) is 25.0 Å². The molecule has 0 aliphatic heterocycles. The van der Waals surface area contributed by atoms with Gasteiger partial charge in [-0.25, -0.2) is 0 Å². The van der Waals surface area contributed by atoms with E-state index >= 15 is 0 Å². The number of aliphatic hydroxyl groups excluding tert-OH is 1. The summed E-state index contributed by atoms with van der Waals surface area (Å²) in [5.74, 6) is 0. The highest BCUT2D eigenvalue weighted by atomic mass is 16.3. The van der Waals surface area contributed by atoms with Crippen molar-refractivity contribution >= 4 is 0 Å². The Morgan fingerprint density at radius 3 is 2.56 bits per heavy atom. The zero-order valence-electron chi connectivity index (χ0n) is 12.2. The predicted molar refractivity (Wildman–Crippen MR) is 75.7 cm³/mol. The molecule has 3 nitrogen and oxygen atoms in total. The van der Waals surface area contributed by atoms with Gasteiger partial charge in [-0.1, -0.05) is 46.0 Å². The van der Waals surface area contributed by atoms with E-state index in [-0.39, 0.29) is 6.10 Å². The van der Waals surface area contributed by atoms with E-state index in [1.165, 1.54) is 25.7 Å². The molecule has 0 spiro atoms. The summed E-state index contributed by atoms with van der Waals surface area (Å²) >= 11 is 0. The van der Waals surface area contributed by atoms with Gasteiger partial charge in [0, 0.05) is 19.2 Å². The van der Waals surface area contributed by atoms with Gasteiger partial charge in [-0.15, -0.1) is 0 Å². The molecule has 1 heterocycles. The molecule has 1 aromatic heterocycles. The monoisotopic (exact) mass is 252 g/mol. The molecule has 0 saturated carbocycles. The zero-order chi connectivity index (χ0) is 13.4. The Hall–Kier alpha value is -0.830. The van der Waals surface area contributed by atoms with E-state index in [4.69, 9.17) is 0 Å². The smallest absolute Gasteiger partial charge is 0.0624 e. The van der Waals surface area contributed by atoms with E-state index in [9.17, 15) is 5.11 Å². The van der Waals surface area contributed by atoms with E-state index < -0.39 is 0 Å². The molecule has 0 bridgehead atoms. The Labute approximate surface area is 111 Å². The third kappa shape index (κ3) is 5.21. The molecule has 1 N–H and O–H groups in total. The van der Waals surface area contributed by atoms with Gasteiger partial charge < -0.3 is 5.11 Å². The molecular weight excluding hydrogens is 224 g/mol. The fraction of sp³-hybridized carbons (Fsp3) is 0.800. The summed E-state index contributed by atoms with van der Waals surface area (Å²) < 4.78 is 1.90. The molecule has 1 unspecified atom stereocenters. The molecule has 3 heteroatoms. The maximum atomic E-state index is 10.0. The summed E-state index contributed by atoms with van der Waals surface area (Å²) in [6, 6.07) is 2.11. The van der Waals surface area contributed by atoms with Crippen molar-refractivity contribution in [3.63, 3.8) is 0 Å². The van der Waals surface area contributed by atoms with Crippen molar-refractivity contribution in [2.45, 2.75) is 71.3 Å². The number of hydrogen-bond donors (Lipinski definition) is 1. The molecule has 0 fully saturated rings. The Bertz CT molecular complexity index is 333. The molecule has 0 radical (unpaired) electrons. The molecule has 0 amide bonds. The van der Waals surface area contributed by atoms with Crippen LogP contribution in [-0.2, 0) is 19.9 Å². The first-order valence-corrected chi connectivity index (χ1v) is 7.37. The first-order valence-electron chi connectivity index (χ1n) is 7.37. The lowest BCUT2D eigenvalue weighted by molar-refractivity contribution is 0.158. The second kappa shape index (κ2) is 8.30. The van der Waals surface area contributed by atoms with Gasteiger partial charge in [-0.2, -0.15) is 5.10 Å². The maximum absolute atomic E-state index is 10.0. The van der Waals surface area contributed by atoms with Crippen LogP contribution in [0, 0.1) is 0 Å². The Morgan fingerprint density at radius 2 is 1.94 bits per heavy atom. The zero-order valence-corrected chi connectivity index (χ0v) is 12.2. The normalized spacial score (nSPS) is 12.9. The van der Waals surface area contributed by atoms with Crippen LogP contribution in [0.1, 0.15) is 63.8 Å². The van der Waals surface area contributed by atoms with Gasteiger partial charge in [0.25, 0.3) is 0 Å². The van der Waals surface area contributed by atoms with Gasteiger partial charge in [-0.3, -0.25) is 4.68 Å². The third-order valence-corrected chi connectivity index (χ3v) is 3.48. The lowest BCUT2D eigenvalue weighted by atomic mass is 10.0. The molecule has 18 heavy (non-hydrogen) atoms. The summed E-state index contributed by atoms with van der Waals surface area (Å²) in [5, 5.41) is 14.4. The molecule has 0 aliphatic rings. The highest BCUT2D eigenvalue weighted by Gasteiger charge is 2.10. The highest BCUT2D eigenvalue weighted by molar-refractivity contribution is 5.11. The van der Waals surface area contributed by atoms with Crippen molar-refractivity contribution in [1.82, 2.24) is 9.78 Å². The minimum Gasteiger partial charge on any atom is -0.393 e. The fourth-order valence-corrected chi connectivity index (χ4v) is 2.26. The van der Waals surface area contributed by atoms with Crippen molar-refractivity contribution in [3.8, 4) is 0 Å². The van der Waals surface area contributed by atoms with Gasteiger partial charge in [0.2, 0.25) is 0 Å². The Morgan fingerprint density at radius 1 is 1.22 bits per heavy atom. The van der Waals surface area contributed by atoms with Crippen molar-refractivity contribution < 1.29 is 5.11 Å². The molecule has 1 atom stereocenters. The number of aliphatic hydroxyl groups is 1. The Balaban J connectivity index is 2.26. The molecule has 0 saturated heterocycles. The maximum Gasteiger partial charge on any atom is 0.0624 e. The van der Waals surface area contributed by atoms with Crippen LogP contribution in [-0.4, -0.2) is 21.0 Å². The van der Waals surface area contributed by atoms with Crippen molar-refractivity contribution in [2.75, 3.05) is 0 Å². The molecule has 0 aromatic carbocycles. The average molecular weight is 252 g/mol. The minimum atomic E-state index is -0.216. The first kappa shape index (κ1) is 15.2. The lowest BCUT2D eigenvalue weighted by Gasteiger charge is -2.10. The summed E-state index contributed by atoms with van der Waals surface area (Å²) in [4.78, 5) is 0. The van der Waals surface area contributed by atoms with E-state index in [1.54, 1.807) is 0 Å². The second-order valence-electron chi connectivity index (χ2n) is 5.17. The van der Waals surface area contributed by atoms with Crippen LogP contribution in [0.2, 0.25) is 0 Å². The number of aromatic nitrogens is 2. The lowest BCUT2D eigenvalue weighted by Crippen LogP contribution is -2.13. The highest BCUT2D eigenvalue weighted by Crippen LogP contribution is 2.12. The second-order valence-corrected chi connectivity index (χ2v) is 5.17. The van der Waals surface area contributed by atoms with Gasteiger partial charge in [0.15, 0.2) is 0 Å². The molecular formula is C15H28N2O. The van der Waals surface area contributed by atoms with Crippen LogP contribution in [0.15, 0.2) is 6.07 Å². The third-order valence-electron chi connectivity index (χ3n) is 3.48. The summed E-state index contributed by atoms with van der Waals surface area (Å²) in [6.45, 7) is 4.33. The molecule has 0 aliphatic carbocycles. The van der Waals surface area contributed by atoms with E-state index in [1.807, 2.05) is 11.7 Å². The number of hydrogen-bond acceptors (Lipinski definition) is 2. The van der Waals surface area contributed by atoms with Crippen LogP contribution >= 0.6 is 0 Å². The van der Waals surface area contributed by atoms with Crippen molar-refractivity contribution in [3.05, 3.63) is 17.5 Å².